The Morgan fingerprint density at radius 3 is 2.36 bits per heavy atom. The first-order valence-corrected chi connectivity index (χ1v) is 10.3. The van der Waals surface area contributed by atoms with Crippen molar-refractivity contribution in [2.75, 3.05) is 0 Å². The Balaban J connectivity index is 1.33. The highest BCUT2D eigenvalue weighted by molar-refractivity contribution is 5.68. The third-order valence-electron chi connectivity index (χ3n) is 7.10. The van der Waals surface area contributed by atoms with E-state index in [9.17, 15) is 9.18 Å². The maximum Gasteiger partial charge on any atom is 0.407 e. The minimum absolute atomic E-state index is 0.0600. The van der Waals surface area contributed by atoms with Gasteiger partial charge in [-0.1, -0.05) is 42.5 Å². The maximum absolute atomic E-state index is 13.5. The van der Waals surface area contributed by atoms with Gasteiger partial charge in [0.25, 0.3) is 0 Å². The van der Waals surface area contributed by atoms with Gasteiger partial charge in [0.05, 0.1) is 0 Å². The monoisotopic (exact) mass is 379 g/mol. The van der Waals surface area contributed by atoms with Crippen molar-refractivity contribution in [1.29, 1.82) is 0 Å². The normalized spacial score (nSPS) is 32.9. The van der Waals surface area contributed by atoms with Crippen LogP contribution in [-0.4, -0.2) is 11.6 Å². The zero-order valence-corrected chi connectivity index (χ0v) is 16.0. The van der Waals surface area contributed by atoms with E-state index in [-0.39, 0.29) is 22.9 Å². The summed E-state index contributed by atoms with van der Waals surface area (Å²) in [7, 11) is 0. The van der Waals surface area contributed by atoms with Crippen molar-refractivity contribution in [3.05, 3.63) is 71.5 Å². The number of rotatable bonds is 4. The summed E-state index contributed by atoms with van der Waals surface area (Å²) >= 11 is 0. The lowest BCUT2D eigenvalue weighted by atomic mass is 9.45. The molecule has 2 aromatic carbocycles. The predicted octanol–water partition coefficient (Wildman–Crippen LogP) is 5.34. The number of ether oxygens (including phenoxy) is 1. The number of halogens is 1. The van der Waals surface area contributed by atoms with Crippen molar-refractivity contribution in [3.63, 3.8) is 0 Å². The van der Waals surface area contributed by atoms with Gasteiger partial charge in [-0.2, -0.15) is 0 Å². The topological polar surface area (TPSA) is 38.3 Å². The summed E-state index contributed by atoms with van der Waals surface area (Å²) in [5, 5.41) is 3.27. The lowest BCUT2D eigenvalue weighted by Crippen LogP contribution is -2.64. The molecule has 0 aliphatic heterocycles. The van der Waals surface area contributed by atoms with Crippen LogP contribution in [0.25, 0.3) is 0 Å². The van der Waals surface area contributed by atoms with Crippen molar-refractivity contribution in [2.24, 2.45) is 11.8 Å². The van der Waals surface area contributed by atoms with E-state index in [0.29, 0.717) is 18.4 Å². The van der Waals surface area contributed by atoms with E-state index in [0.717, 1.165) is 37.7 Å². The first-order chi connectivity index (χ1) is 13.5. The molecular weight excluding hydrogens is 353 g/mol. The van der Waals surface area contributed by atoms with Crippen LogP contribution >= 0.6 is 0 Å². The van der Waals surface area contributed by atoms with Gasteiger partial charge >= 0.3 is 6.09 Å². The number of hydrogen-bond donors (Lipinski definition) is 1. The standard InChI is InChI=1S/C24H26FNO2/c25-21-8-6-20(7-9-21)23-11-18-10-19(12-23)14-24(13-18,16-23)26-22(27)28-15-17-4-2-1-3-5-17/h1-9,18-19H,10-16H2,(H,26,27). The third-order valence-corrected chi connectivity index (χ3v) is 7.10. The van der Waals surface area contributed by atoms with E-state index >= 15 is 0 Å². The van der Waals surface area contributed by atoms with Crippen LogP contribution in [0.4, 0.5) is 9.18 Å². The molecule has 0 heterocycles. The van der Waals surface area contributed by atoms with Gasteiger partial charge in [-0.05, 0) is 79.0 Å². The van der Waals surface area contributed by atoms with Crippen molar-refractivity contribution >= 4 is 6.09 Å². The molecule has 0 spiro atoms. The number of benzene rings is 2. The summed E-state index contributed by atoms with van der Waals surface area (Å²) in [6.45, 7) is 0.290. The van der Waals surface area contributed by atoms with Gasteiger partial charge in [0.15, 0.2) is 0 Å². The highest BCUT2D eigenvalue weighted by atomic mass is 19.1. The highest BCUT2D eigenvalue weighted by Crippen LogP contribution is 2.62. The lowest BCUT2D eigenvalue weighted by molar-refractivity contribution is -0.0397. The zero-order chi connectivity index (χ0) is 19.2. The number of carbonyl (C=O) groups is 1. The van der Waals surface area contributed by atoms with Crippen LogP contribution in [0.2, 0.25) is 0 Å². The molecular formula is C24H26FNO2. The van der Waals surface area contributed by atoms with Crippen LogP contribution < -0.4 is 5.32 Å². The van der Waals surface area contributed by atoms with E-state index in [1.165, 1.54) is 12.0 Å². The summed E-state index contributed by atoms with van der Waals surface area (Å²) < 4.78 is 19.0. The molecule has 2 aromatic rings. The molecule has 28 heavy (non-hydrogen) atoms. The SMILES string of the molecule is O=C(NC12CC3CC(C1)CC(c1ccc(F)cc1)(C3)C2)OCc1ccccc1. The quantitative estimate of drug-likeness (QED) is 0.778. The van der Waals surface area contributed by atoms with E-state index in [1.807, 2.05) is 42.5 Å². The average Bonchev–Trinajstić information content (AvgIpc) is 2.66. The Morgan fingerprint density at radius 2 is 1.68 bits per heavy atom. The Bertz CT molecular complexity index is 850. The average molecular weight is 379 g/mol. The van der Waals surface area contributed by atoms with E-state index in [4.69, 9.17) is 4.74 Å². The summed E-state index contributed by atoms with van der Waals surface area (Å²) in [4.78, 5) is 12.6. The largest absolute Gasteiger partial charge is 0.445 e. The molecule has 0 aromatic heterocycles. The summed E-state index contributed by atoms with van der Waals surface area (Å²) in [6, 6.07) is 16.8. The summed E-state index contributed by atoms with van der Waals surface area (Å²) in [5.41, 5.74) is 2.09. The Labute approximate surface area is 165 Å². The van der Waals surface area contributed by atoms with Gasteiger partial charge in [-0.15, -0.1) is 0 Å². The van der Waals surface area contributed by atoms with Crippen molar-refractivity contribution in [1.82, 2.24) is 5.32 Å². The molecule has 2 unspecified atom stereocenters. The summed E-state index contributed by atoms with van der Waals surface area (Å²) in [5.74, 6) is 1.06. The van der Waals surface area contributed by atoms with Crippen LogP contribution in [-0.2, 0) is 16.8 Å². The number of amides is 1. The van der Waals surface area contributed by atoms with Gasteiger partial charge < -0.3 is 10.1 Å². The molecule has 0 radical (unpaired) electrons. The zero-order valence-electron chi connectivity index (χ0n) is 16.0. The Kier molecular flexibility index (Phi) is 4.18. The molecule has 2 atom stereocenters. The minimum atomic E-state index is -0.319. The number of carbonyl (C=O) groups excluding carboxylic acids is 1. The first kappa shape index (κ1) is 17.7. The molecule has 4 fully saturated rings. The highest BCUT2D eigenvalue weighted by Gasteiger charge is 2.58. The van der Waals surface area contributed by atoms with Gasteiger partial charge in [0, 0.05) is 5.54 Å². The third kappa shape index (κ3) is 3.19. The first-order valence-electron chi connectivity index (χ1n) is 10.3. The molecule has 4 saturated carbocycles. The molecule has 6 rings (SSSR count). The van der Waals surface area contributed by atoms with E-state index < -0.39 is 0 Å². The fraction of sp³-hybridized carbons (Fsp3) is 0.458. The molecule has 1 amide bonds. The molecule has 0 saturated heterocycles. The molecule has 4 heteroatoms. The second kappa shape index (κ2) is 6.61. The van der Waals surface area contributed by atoms with E-state index in [2.05, 4.69) is 5.32 Å². The van der Waals surface area contributed by atoms with E-state index in [1.54, 1.807) is 12.1 Å². The number of nitrogens with one attached hydrogen (secondary N) is 1. The molecule has 146 valence electrons. The molecule has 3 nitrogen and oxygen atoms in total. The number of hydrogen-bond acceptors (Lipinski definition) is 2. The molecule has 4 aliphatic rings. The smallest absolute Gasteiger partial charge is 0.407 e. The van der Waals surface area contributed by atoms with Crippen molar-refractivity contribution in [2.45, 2.75) is 56.1 Å². The van der Waals surface area contributed by atoms with Crippen LogP contribution in [0.15, 0.2) is 54.6 Å². The molecule has 4 bridgehead atoms. The van der Waals surface area contributed by atoms with Gasteiger partial charge in [0.1, 0.15) is 12.4 Å². The molecule has 1 N–H and O–H groups in total. The fourth-order valence-corrected chi connectivity index (χ4v) is 6.53. The van der Waals surface area contributed by atoms with Crippen LogP contribution in [0.5, 0.6) is 0 Å². The second-order valence-corrected chi connectivity index (χ2v) is 9.22. The van der Waals surface area contributed by atoms with Gasteiger partial charge in [0.2, 0.25) is 0 Å². The van der Waals surface area contributed by atoms with Crippen molar-refractivity contribution < 1.29 is 13.9 Å². The van der Waals surface area contributed by atoms with Gasteiger partial charge in [-0.25, -0.2) is 9.18 Å². The van der Waals surface area contributed by atoms with Crippen LogP contribution in [0.1, 0.15) is 49.7 Å². The second-order valence-electron chi connectivity index (χ2n) is 9.22. The Morgan fingerprint density at radius 1 is 1.00 bits per heavy atom. The lowest BCUT2D eigenvalue weighted by Gasteiger charge is -2.62. The van der Waals surface area contributed by atoms with Crippen LogP contribution in [0.3, 0.4) is 0 Å². The summed E-state index contributed by atoms with van der Waals surface area (Å²) in [6.07, 6.45) is 6.24. The maximum atomic E-state index is 13.5. The van der Waals surface area contributed by atoms with Gasteiger partial charge in [-0.3, -0.25) is 0 Å². The Hall–Kier alpha value is -2.36. The number of alkyl carbamates (subject to hydrolysis) is 1. The van der Waals surface area contributed by atoms with Crippen molar-refractivity contribution in [3.8, 4) is 0 Å². The predicted molar refractivity (Wildman–Crippen MR) is 105 cm³/mol. The molecule has 4 aliphatic carbocycles. The minimum Gasteiger partial charge on any atom is -0.445 e. The fourth-order valence-electron chi connectivity index (χ4n) is 6.53. The van der Waals surface area contributed by atoms with Crippen LogP contribution in [0, 0.1) is 17.7 Å².